The molecule has 2 aromatic rings. The Bertz CT molecular complexity index is 532. The summed E-state index contributed by atoms with van der Waals surface area (Å²) in [6.07, 6.45) is -2.71. The molecule has 0 N–H and O–H groups in total. The molecule has 1 aromatic heterocycles. The zero-order valence-electron chi connectivity index (χ0n) is 10.2. The van der Waals surface area contributed by atoms with E-state index in [1.807, 2.05) is 19.1 Å². The highest BCUT2D eigenvalue weighted by Gasteiger charge is 2.30. The van der Waals surface area contributed by atoms with E-state index in [1.54, 1.807) is 12.1 Å². The minimum Gasteiger partial charge on any atom is -0.439 e. The molecule has 0 bridgehead atoms. The first kappa shape index (κ1) is 13.4. The standard InChI is InChI=1S/C14H12F3NO/c1-2-10-3-6-12(7-4-10)19-13-8-5-11(9-18-13)14(15,16)17/h3-9H,2H2,1H3. The Morgan fingerprint density at radius 2 is 1.74 bits per heavy atom. The molecule has 0 amide bonds. The molecular formula is C14H12F3NO. The molecule has 0 fully saturated rings. The summed E-state index contributed by atoms with van der Waals surface area (Å²) in [5.41, 5.74) is 0.369. The van der Waals surface area contributed by atoms with Crippen LogP contribution in [0.1, 0.15) is 18.1 Å². The maximum absolute atomic E-state index is 12.3. The molecule has 0 unspecified atom stereocenters. The number of rotatable bonds is 3. The van der Waals surface area contributed by atoms with E-state index < -0.39 is 11.7 Å². The smallest absolute Gasteiger partial charge is 0.417 e. The van der Waals surface area contributed by atoms with Crippen LogP contribution in [0.15, 0.2) is 42.6 Å². The summed E-state index contributed by atoms with van der Waals surface area (Å²) < 4.78 is 42.4. The lowest BCUT2D eigenvalue weighted by Gasteiger charge is -2.08. The molecule has 0 atom stereocenters. The molecule has 0 spiro atoms. The van der Waals surface area contributed by atoms with Crippen molar-refractivity contribution in [3.05, 3.63) is 53.7 Å². The summed E-state index contributed by atoms with van der Waals surface area (Å²) in [7, 11) is 0. The van der Waals surface area contributed by atoms with Crippen LogP contribution in [-0.4, -0.2) is 4.98 Å². The van der Waals surface area contributed by atoms with E-state index >= 15 is 0 Å². The zero-order valence-corrected chi connectivity index (χ0v) is 10.2. The maximum atomic E-state index is 12.3. The van der Waals surface area contributed by atoms with Gasteiger partial charge in [0.05, 0.1) is 5.56 Å². The van der Waals surface area contributed by atoms with Crippen molar-refractivity contribution in [1.29, 1.82) is 0 Å². The average molecular weight is 267 g/mol. The molecule has 1 heterocycles. The Morgan fingerprint density at radius 3 is 2.21 bits per heavy atom. The molecule has 19 heavy (non-hydrogen) atoms. The van der Waals surface area contributed by atoms with Crippen LogP contribution in [0, 0.1) is 0 Å². The fourth-order valence-electron chi connectivity index (χ4n) is 1.52. The van der Waals surface area contributed by atoms with Gasteiger partial charge in [0.25, 0.3) is 0 Å². The average Bonchev–Trinajstić information content (AvgIpc) is 2.39. The van der Waals surface area contributed by atoms with Crippen molar-refractivity contribution in [2.45, 2.75) is 19.5 Å². The Labute approximate surface area is 108 Å². The summed E-state index contributed by atoms with van der Waals surface area (Å²) >= 11 is 0. The van der Waals surface area contributed by atoms with Gasteiger partial charge in [0.2, 0.25) is 5.88 Å². The first-order valence-corrected chi connectivity index (χ1v) is 5.79. The second-order valence-electron chi connectivity index (χ2n) is 3.98. The minimum atomic E-state index is -4.38. The second-order valence-corrected chi connectivity index (χ2v) is 3.98. The van der Waals surface area contributed by atoms with Gasteiger partial charge in [0.1, 0.15) is 5.75 Å². The molecule has 0 radical (unpaired) electrons. The first-order valence-electron chi connectivity index (χ1n) is 5.79. The van der Waals surface area contributed by atoms with Crippen molar-refractivity contribution < 1.29 is 17.9 Å². The number of aryl methyl sites for hydroxylation is 1. The third-order valence-corrected chi connectivity index (χ3v) is 2.62. The summed E-state index contributed by atoms with van der Waals surface area (Å²) in [4.78, 5) is 3.64. The molecule has 100 valence electrons. The highest BCUT2D eigenvalue weighted by Crippen LogP contribution is 2.30. The number of alkyl halides is 3. The Balaban J connectivity index is 2.10. The van der Waals surface area contributed by atoms with Crippen LogP contribution in [0.2, 0.25) is 0 Å². The van der Waals surface area contributed by atoms with Crippen molar-refractivity contribution in [2.24, 2.45) is 0 Å². The van der Waals surface area contributed by atoms with Crippen molar-refractivity contribution >= 4 is 0 Å². The van der Waals surface area contributed by atoms with Crippen LogP contribution in [0.4, 0.5) is 13.2 Å². The summed E-state index contributed by atoms with van der Waals surface area (Å²) in [5, 5.41) is 0. The highest BCUT2D eigenvalue weighted by molar-refractivity contribution is 5.31. The topological polar surface area (TPSA) is 22.1 Å². The van der Waals surface area contributed by atoms with Gasteiger partial charge in [-0.3, -0.25) is 0 Å². The Morgan fingerprint density at radius 1 is 1.05 bits per heavy atom. The van der Waals surface area contributed by atoms with Crippen LogP contribution >= 0.6 is 0 Å². The molecule has 2 nitrogen and oxygen atoms in total. The van der Waals surface area contributed by atoms with Gasteiger partial charge in [-0.2, -0.15) is 13.2 Å². The fourth-order valence-corrected chi connectivity index (χ4v) is 1.52. The summed E-state index contributed by atoms with van der Waals surface area (Å²) in [6, 6.07) is 9.48. The van der Waals surface area contributed by atoms with Crippen LogP contribution in [0.5, 0.6) is 11.6 Å². The van der Waals surface area contributed by atoms with Gasteiger partial charge in [-0.1, -0.05) is 19.1 Å². The number of nitrogens with zero attached hydrogens (tertiary/aromatic N) is 1. The van der Waals surface area contributed by atoms with Gasteiger partial charge in [-0.25, -0.2) is 4.98 Å². The van der Waals surface area contributed by atoms with Crippen LogP contribution in [0.25, 0.3) is 0 Å². The van der Waals surface area contributed by atoms with Crippen LogP contribution in [-0.2, 0) is 12.6 Å². The lowest BCUT2D eigenvalue weighted by molar-refractivity contribution is -0.137. The predicted octanol–water partition coefficient (Wildman–Crippen LogP) is 4.46. The van der Waals surface area contributed by atoms with E-state index in [4.69, 9.17) is 4.74 Å². The van der Waals surface area contributed by atoms with E-state index in [2.05, 4.69) is 4.98 Å². The Kier molecular flexibility index (Phi) is 3.74. The van der Waals surface area contributed by atoms with Crippen molar-refractivity contribution in [3.63, 3.8) is 0 Å². The van der Waals surface area contributed by atoms with Crippen LogP contribution < -0.4 is 4.74 Å². The number of hydrogen-bond acceptors (Lipinski definition) is 2. The zero-order chi connectivity index (χ0) is 13.9. The molecule has 0 saturated carbocycles. The van der Waals surface area contributed by atoms with Gasteiger partial charge in [-0.15, -0.1) is 0 Å². The number of benzene rings is 1. The minimum absolute atomic E-state index is 0.136. The summed E-state index contributed by atoms with van der Waals surface area (Å²) in [5.74, 6) is 0.682. The number of pyridine rings is 1. The van der Waals surface area contributed by atoms with Gasteiger partial charge < -0.3 is 4.74 Å². The largest absolute Gasteiger partial charge is 0.439 e. The molecule has 5 heteroatoms. The maximum Gasteiger partial charge on any atom is 0.417 e. The van der Waals surface area contributed by atoms with Gasteiger partial charge in [0, 0.05) is 12.3 Å². The van der Waals surface area contributed by atoms with E-state index in [9.17, 15) is 13.2 Å². The van der Waals surface area contributed by atoms with Crippen molar-refractivity contribution in [1.82, 2.24) is 4.98 Å². The van der Waals surface area contributed by atoms with E-state index in [1.165, 1.54) is 6.07 Å². The lowest BCUT2D eigenvalue weighted by Crippen LogP contribution is -2.05. The van der Waals surface area contributed by atoms with Gasteiger partial charge in [-0.05, 0) is 30.2 Å². The number of halogens is 3. The van der Waals surface area contributed by atoms with Crippen molar-refractivity contribution in [3.8, 4) is 11.6 Å². The lowest BCUT2D eigenvalue weighted by atomic mass is 10.2. The monoisotopic (exact) mass is 267 g/mol. The quantitative estimate of drug-likeness (QED) is 0.819. The Hall–Kier alpha value is -2.04. The molecular weight excluding hydrogens is 255 g/mol. The molecule has 0 aliphatic carbocycles. The molecule has 2 rings (SSSR count). The van der Waals surface area contributed by atoms with Crippen molar-refractivity contribution in [2.75, 3.05) is 0 Å². The molecule has 0 aliphatic heterocycles. The predicted molar refractivity (Wildman–Crippen MR) is 65.1 cm³/mol. The summed E-state index contributed by atoms with van der Waals surface area (Å²) in [6.45, 7) is 2.04. The molecule has 0 aliphatic rings. The number of ether oxygens (including phenoxy) is 1. The molecule has 1 aromatic carbocycles. The number of hydrogen-bond donors (Lipinski definition) is 0. The van der Waals surface area contributed by atoms with E-state index in [-0.39, 0.29) is 5.88 Å². The van der Waals surface area contributed by atoms with Gasteiger partial charge >= 0.3 is 6.18 Å². The molecule has 0 saturated heterocycles. The van der Waals surface area contributed by atoms with Crippen LogP contribution in [0.3, 0.4) is 0 Å². The number of aromatic nitrogens is 1. The van der Waals surface area contributed by atoms with E-state index in [0.717, 1.165) is 24.2 Å². The second kappa shape index (κ2) is 5.30. The van der Waals surface area contributed by atoms with E-state index in [0.29, 0.717) is 5.75 Å². The fraction of sp³-hybridized carbons (Fsp3) is 0.214. The van der Waals surface area contributed by atoms with Gasteiger partial charge in [0.15, 0.2) is 0 Å². The highest BCUT2D eigenvalue weighted by atomic mass is 19.4. The first-order chi connectivity index (χ1) is 8.99. The normalized spacial score (nSPS) is 11.4. The SMILES string of the molecule is CCc1ccc(Oc2ccc(C(F)(F)F)cn2)cc1. The third-order valence-electron chi connectivity index (χ3n) is 2.62. The third kappa shape index (κ3) is 3.47.